The molecule has 0 radical (unpaired) electrons. The van der Waals surface area contributed by atoms with Gasteiger partial charge in [0.1, 0.15) is 47.8 Å². The van der Waals surface area contributed by atoms with Crippen molar-refractivity contribution in [1.82, 2.24) is 36.4 Å². The maximum Gasteiger partial charge on any atom is 0.251 e. The Balaban J connectivity index is 1.26. The van der Waals surface area contributed by atoms with Crippen LogP contribution in [0.15, 0.2) is 72.8 Å². The predicted molar refractivity (Wildman–Crippen MR) is 256 cm³/mol. The van der Waals surface area contributed by atoms with E-state index in [0.717, 1.165) is 28.9 Å². The first-order chi connectivity index (χ1) is 33.3. The van der Waals surface area contributed by atoms with Crippen LogP contribution in [0.25, 0.3) is 11.1 Å². The SMILES string of the molecule is CCCOc1ccc(-c2ccc(C(=O)N[C@H]3CCCNC(=O)[C@@H]4CC(N)CN4C(=O)[C@H](CCCCN)NC(=O)[C@H](CCc4ccc(O)cc4)NC(=O)[C@@H]4CCCN4C(=O)[C@H](CO)NC3=O)cc2)cc1. The van der Waals surface area contributed by atoms with Gasteiger partial charge in [0.05, 0.1) is 13.2 Å². The lowest BCUT2D eigenvalue weighted by molar-refractivity contribution is -0.143. The number of ether oxygens (including phenoxy) is 1. The van der Waals surface area contributed by atoms with Gasteiger partial charge in [-0.1, -0.05) is 43.3 Å². The van der Waals surface area contributed by atoms with Gasteiger partial charge in [-0.3, -0.25) is 33.6 Å². The molecule has 3 aliphatic heterocycles. The largest absolute Gasteiger partial charge is 0.508 e. The summed E-state index contributed by atoms with van der Waals surface area (Å²) in [5, 5.41) is 34.2. The molecule has 7 amide bonds. The van der Waals surface area contributed by atoms with Crippen LogP contribution < -0.4 is 42.8 Å². The summed E-state index contributed by atoms with van der Waals surface area (Å²) >= 11 is 0. The van der Waals surface area contributed by atoms with Crippen molar-refractivity contribution in [3.8, 4) is 22.6 Å². The minimum absolute atomic E-state index is 0.00290. The van der Waals surface area contributed by atoms with E-state index in [-0.39, 0.29) is 75.9 Å². The summed E-state index contributed by atoms with van der Waals surface area (Å²) < 4.78 is 5.69. The Morgan fingerprint density at radius 3 is 2.10 bits per heavy atom. The molecular weight excluding hydrogens is 887 g/mol. The van der Waals surface area contributed by atoms with E-state index in [9.17, 15) is 43.8 Å². The molecule has 3 heterocycles. The summed E-state index contributed by atoms with van der Waals surface area (Å²) in [6, 6.07) is 13.1. The summed E-state index contributed by atoms with van der Waals surface area (Å²) in [6.45, 7) is 2.36. The van der Waals surface area contributed by atoms with Crippen molar-refractivity contribution >= 4 is 41.4 Å². The average molecular weight is 954 g/mol. The van der Waals surface area contributed by atoms with Crippen LogP contribution >= 0.6 is 0 Å². The molecule has 11 N–H and O–H groups in total. The Bertz CT molecular complexity index is 2240. The number of nitrogens with zero attached hydrogens (tertiary/aromatic N) is 2. The van der Waals surface area contributed by atoms with Gasteiger partial charge in [0.15, 0.2) is 0 Å². The normalized spacial score (nSPS) is 24.3. The maximum atomic E-state index is 14.4. The Labute approximate surface area is 402 Å². The third-order valence-corrected chi connectivity index (χ3v) is 12.8. The van der Waals surface area contributed by atoms with Crippen LogP contribution in [0.2, 0.25) is 0 Å². The standard InChI is InChI=1S/C50H67N9O10/c1-2-27-69-37-21-17-33(18-22-37)32-13-15-34(16-14-32)44(62)54-38-8-5-25-53-47(65)43-28-35(52)29-59(43)49(67)40(7-3-4-24-51)56-46(64)39(23-12-31-10-19-36(61)20-11-31)55-48(66)42-9-6-26-58(42)50(68)41(30-60)57-45(38)63/h10-11,13-22,35,38-43,60-61H,2-9,12,23-30,51-52H2,1H3,(H,53,65)(H,54,62)(H,55,66)(H,56,64)(H,57,63)/t35?,38-,39-,40-,41-,42-,43-/m0/s1. The number of hydrogen-bond donors (Lipinski definition) is 9. The molecular formula is C50H67N9O10. The molecule has 0 spiro atoms. The van der Waals surface area contributed by atoms with E-state index in [2.05, 4.69) is 26.6 Å². The average Bonchev–Trinajstić information content (AvgIpc) is 4.02. The molecule has 69 heavy (non-hydrogen) atoms. The molecule has 3 aliphatic rings. The van der Waals surface area contributed by atoms with Crippen LogP contribution in [0.1, 0.15) is 87.1 Å². The van der Waals surface area contributed by atoms with E-state index in [0.29, 0.717) is 32.4 Å². The molecule has 0 aromatic heterocycles. The van der Waals surface area contributed by atoms with Crippen molar-refractivity contribution in [3.05, 3.63) is 83.9 Å². The van der Waals surface area contributed by atoms with Gasteiger partial charge in [0, 0.05) is 31.2 Å². The molecule has 3 fully saturated rings. The van der Waals surface area contributed by atoms with E-state index in [4.69, 9.17) is 16.2 Å². The van der Waals surface area contributed by atoms with Gasteiger partial charge in [-0.25, -0.2) is 0 Å². The van der Waals surface area contributed by atoms with Gasteiger partial charge in [-0.15, -0.1) is 0 Å². The lowest BCUT2D eigenvalue weighted by Gasteiger charge is -2.31. The van der Waals surface area contributed by atoms with Gasteiger partial charge in [-0.2, -0.15) is 0 Å². The molecule has 0 bridgehead atoms. The molecule has 19 nitrogen and oxygen atoms in total. The zero-order valence-electron chi connectivity index (χ0n) is 39.2. The molecule has 3 aromatic carbocycles. The molecule has 372 valence electrons. The zero-order valence-corrected chi connectivity index (χ0v) is 39.2. The fourth-order valence-corrected chi connectivity index (χ4v) is 8.98. The number of carbonyl (C=O) groups is 7. The van der Waals surface area contributed by atoms with Crippen LogP contribution in [0, 0.1) is 0 Å². The summed E-state index contributed by atoms with van der Waals surface area (Å²) in [5.41, 5.74) is 14.9. The second kappa shape index (κ2) is 25.2. The van der Waals surface area contributed by atoms with Crippen LogP contribution in [0.3, 0.4) is 0 Å². The number of benzene rings is 3. The molecule has 6 rings (SSSR count). The third-order valence-electron chi connectivity index (χ3n) is 12.8. The maximum absolute atomic E-state index is 14.4. The van der Waals surface area contributed by atoms with Crippen molar-refractivity contribution < 1.29 is 48.5 Å². The van der Waals surface area contributed by atoms with Crippen molar-refractivity contribution in [2.75, 3.05) is 39.4 Å². The number of unbranched alkanes of at least 4 members (excludes halogenated alkanes) is 1. The van der Waals surface area contributed by atoms with Crippen molar-refractivity contribution in [2.45, 2.75) is 120 Å². The van der Waals surface area contributed by atoms with Gasteiger partial charge in [0.2, 0.25) is 35.4 Å². The van der Waals surface area contributed by atoms with Crippen molar-refractivity contribution in [2.24, 2.45) is 11.5 Å². The molecule has 3 saturated heterocycles. The molecule has 0 aliphatic carbocycles. The monoisotopic (exact) mass is 954 g/mol. The number of fused-ring (bicyclic) bond motifs is 2. The summed E-state index contributed by atoms with van der Waals surface area (Å²) in [4.78, 5) is 101. The Morgan fingerprint density at radius 1 is 0.754 bits per heavy atom. The number of amides is 7. The van der Waals surface area contributed by atoms with Gasteiger partial charge >= 0.3 is 0 Å². The number of aliphatic hydroxyl groups is 1. The molecule has 1 unspecified atom stereocenters. The molecule has 3 aromatic rings. The number of nitrogens with one attached hydrogen (secondary N) is 5. The zero-order chi connectivity index (χ0) is 49.5. The van der Waals surface area contributed by atoms with Crippen LogP contribution in [0.5, 0.6) is 11.5 Å². The molecule has 19 heteroatoms. The Kier molecular flexibility index (Phi) is 18.9. The van der Waals surface area contributed by atoms with E-state index in [1.54, 1.807) is 36.4 Å². The highest BCUT2D eigenvalue weighted by molar-refractivity contribution is 6.00. The summed E-state index contributed by atoms with van der Waals surface area (Å²) in [7, 11) is 0. The first-order valence-electron chi connectivity index (χ1n) is 24.1. The number of hydrogen-bond acceptors (Lipinski definition) is 12. The Hall–Kier alpha value is -6.57. The highest BCUT2D eigenvalue weighted by Crippen LogP contribution is 2.25. The van der Waals surface area contributed by atoms with E-state index >= 15 is 0 Å². The van der Waals surface area contributed by atoms with E-state index in [1.807, 2.05) is 31.2 Å². The predicted octanol–water partition coefficient (Wildman–Crippen LogP) is 0.984. The molecule has 7 atom stereocenters. The highest BCUT2D eigenvalue weighted by atomic mass is 16.5. The van der Waals surface area contributed by atoms with E-state index in [1.165, 1.54) is 21.9 Å². The first-order valence-corrected chi connectivity index (χ1v) is 24.1. The second-order valence-corrected chi connectivity index (χ2v) is 18.0. The summed E-state index contributed by atoms with van der Waals surface area (Å²) in [5.74, 6) is -3.62. The number of nitrogens with two attached hydrogens (primary N) is 2. The van der Waals surface area contributed by atoms with Gasteiger partial charge in [0.25, 0.3) is 5.91 Å². The van der Waals surface area contributed by atoms with Crippen LogP contribution in [-0.4, -0.2) is 143 Å². The smallest absolute Gasteiger partial charge is 0.251 e. The lowest BCUT2D eigenvalue weighted by atomic mass is 10.0. The number of aryl methyl sites for hydroxylation is 1. The number of carbonyl (C=O) groups excluding carboxylic acids is 7. The second-order valence-electron chi connectivity index (χ2n) is 18.0. The number of phenolic OH excluding ortho intramolecular Hbond substituents is 1. The van der Waals surface area contributed by atoms with Crippen LogP contribution in [0.4, 0.5) is 0 Å². The minimum Gasteiger partial charge on any atom is -0.508 e. The fourth-order valence-electron chi connectivity index (χ4n) is 8.98. The number of aliphatic hydroxyl groups excluding tert-OH is 1. The quantitative estimate of drug-likeness (QED) is 0.102. The number of phenols is 1. The van der Waals surface area contributed by atoms with Crippen LogP contribution in [-0.2, 0) is 35.2 Å². The first kappa shape index (κ1) is 51.8. The topological polar surface area (TPSA) is 288 Å². The number of aromatic hydroxyl groups is 1. The summed E-state index contributed by atoms with van der Waals surface area (Å²) in [6.07, 6.45) is 3.42. The third kappa shape index (κ3) is 14.0. The highest BCUT2D eigenvalue weighted by Gasteiger charge is 2.43. The van der Waals surface area contributed by atoms with Gasteiger partial charge in [-0.05, 0) is 130 Å². The minimum atomic E-state index is -1.50. The molecule has 0 saturated carbocycles. The van der Waals surface area contributed by atoms with E-state index < -0.39 is 90.3 Å². The number of rotatable bonds is 14. The lowest BCUT2D eigenvalue weighted by Crippen LogP contribution is -2.59. The fraction of sp³-hybridized carbons (Fsp3) is 0.500. The van der Waals surface area contributed by atoms with Crippen molar-refractivity contribution in [3.63, 3.8) is 0 Å². The van der Waals surface area contributed by atoms with Crippen molar-refractivity contribution in [1.29, 1.82) is 0 Å². The Morgan fingerprint density at radius 2 is 1.42 bits per heavy atom. The van der Waals surface area contributed by atoms with Gasteiger partial charge < -0.3 is 62.8 Å².